The summed E-state index contributed by atoms with van der Waals surface area (Å²) in [4.78, 5) is 24.1. The molecule has 10 heteroatoms. The van der Waals surface area contributed by atoms with Crippen LogP contribution in [-0.2, 0) is 22.6 Å². The van der Waals surface area contributed by atoms with Gasteiger partial charge in [0.15, 0.2) is 16.8 Å². The molecule has 0 spiro atoms. The standard InChI is InChI=1S/C22H21F2N5O2S/c1-2-10-29-19(11-15-6-4-3-5-7-15)27-28-22(29)32-14-21(31)25-13-20(30)26-16-8-9-17(23)18(24)12-16/h2-9,12H,1,10-11,13-14H2,(H,25,31)(H,26,30). The largest absolute Gasteiger partial charge is 0.346 e. The topological polar surface area (TPSA) is 88.9 Å². The van der Waals surface area contributed by atoms with Crippen molar-refractivity contribution in [2.75, 3.05) is 17.6 Å². The molecule has 0 saturated heterocycles. The molecule has 0 bridgehead atoms. The molecule has 0 aliphatic heterocycles. The molecule has 166 valence electrons. The average molecular weight is 458 g/mol. The Morgan fingerprint density at radius 3 is 2.56 bits per heavy atom. The Morgan fingerprint density at radius 2 is 1.84 bits per heavy atom. The van der Waals surface area contributed by atoms with Gasteiger partial charge in [-0.1, -0.05) is 48.2 Å². The van der Waals surface area contributed by atoms with Crippen LogP contribution in [0.4, 0.5) is 14.5 Å². The number of nitrogens with zero attached hydrogens (tertiary/aromatic N) is 3. The van der Waals surface area contributed by atoms with Crippen molar-refractivity contribution in [3.05, 3.63) is 84.2 Å². The van der Waals surface area contributed by atoms with Crippen molar-refractivity contribution in [1.29, 1.82) is 0 Å². The van der Waals surface area contributed by atoms with E-state index in [1.807, 2.05) is 34.9 Å². The molecule has 0 fully saturated rings. The quantitative estimate of drug-likeness (QED) is 0.361. The van der Waals surface area contributed by atoms with Crippen molar-refractivity contribution >= 4 is 29.3 Å². The van der Waals surface area contributed by atoms with Gasteiger partial charge >= 0.3 is 0 Å². The van der Waals surface area contributed by atoms with Crippen molar-refractivity contribution < 1.29 is 18.4 Å². The summed E-state index contributed by atoms with van der Waals surface area (Å²) in [5, 5.41) is 13.8. The molecule has 0 radical (unpaired) electrons. The van der Waals surface area contributed by atoms with Crippen LogP contribution in [0, 0.1) is 11.6 Å². The first-order valence-corrected chi connectivity index (χ1v) is 10.7. The molecule has 7 nitrogen and oxygen atoms in total. The van der Waals surface area contributed by atoms with E-state index in [0.717, 1.165) is 23.5 Å². The fraction of sp³-hybridized carbons (Fsp3) is 0.182. The van der Waals surface area contributed by atoms with E-state index in [1.165, 1.54) is 17.8 Å². The van der Waals surface area contributed by atoms with E-state index in [9.17, 15) is 18.4 Å². The molecule has 3 aromatic rings. The smallest absolute Gasteiger partial charge is 0.243 e. The molecule has 1 aromatic heterocycles. The maximum absolute atomic E-state index is 13.2. The van der Waals surface area contributed by atoms with Gasteiger partial charge in [-0.2, -0.15) is 0 Å². The lowest BCUT2D eigenvalue weighted by molar-refractivity contribution is -0.122. The molecule has 2 amide bonds. The summed E-state index contributed by atoms with van der Waals surface area (Å²) in [6, 6.07) is 12.8. The molecule has 1 heterocycles. The van der Waals surface area contributed by atoms with Gasteiger partial charge in [0.1, 0.15) is 5.82 Å². The molecular formula is C22H21F2N5O2S. The van der Waals surface area contributed by atoms with Gasteiger partial charge in [0.25, 0.3) is 0 Å². The van der Waals surface area contributed by atoms with Gasteiger partial charge in [-0.05, 0) is 17.7 Å². The number of nitrogens with one attached hydrogen (secondary N) is 2. The Morgan fingerprint density at radius 1 is 1.06 bits per heavy atom. The second-order valence-corrected chi connectivity index (χ2v) is 7.65. The van der Waals surface area contributed by atoms with Crippen LogP contribution in [0.15, 0.2) is 66.3 Å². The van der Waals surface area contributed by atoms with E-state index in [0.29, 0.717) is 18.1 Å². The molecule has 0 aliphatic carbocycles. The Labute approximate surface area is 187 Å². The van der Waals surface area contributed by atoms with Crippen LogP contribution in [0.3, 0.4) is 0 Å². The van der Waals surface area contributed by atoms with E-state index < -0.39 is 17.5 Å². The van der Waals surface area contributed by atoms with Crippen LogP contribution in [0.5, 0.6) is 0 Å². The van der Waals surface area contributed by atoms with Crippen LogP contribution in [0.1, 0.15) is 11.4 Å². The lowest BCUT2D eigenvalue weighted by Gasteiger charge is -2.09. The van der Waals surface area contributed by atoms with Crippen LogP contribution in [-0.4, -0.2) is 38.9 Å². The first-order valence-electron chi connectivity index (χ1n) is 9.67. The van der Waals surface area contributed by atoms with Crippen molar-refractivity contribution in [2.45, 2.75) is 18.1 Å². The van der Waals surface area contributed by atoms with Crippen LogP contribution in [0.25, 0.3) is 0 Å². The monoisotopic (exact) mass is 457 g/mol. The van der Waals surface area contributed by atoms with Crippen molar-refractivity contribution in [1.82, 2.24) is 20.1 Å². The maximum Gasteiger partial charge on any atom is 0.243 e. The van der Waals surface area contributed by atoms with Crippen LogP contribution >= 0.6 is 11.8 Å². The second-order valence-electron chi connectivity index (χ2n) is 6.70. The molecule has 32 heavy (non-hydrogen) atoms. The lowest BCUT2D eigenvalue weighted by Crippen LogP contribution is -2.34. The first-order chi connectivity index (χ1) is 15.5. The molecule has 0 saturated carbocycles. The van der Waals surface area contributed by atoms with Crippen molar-refractivity contribution in [3.63, 3.8) is 0 Å². The molecule has 0 atom stereocenters. The zero-order chi connectivity index (χ0) is 22.9. The Bertz CT molecular complexity index is 1100. The molecule has 0 aliphatic rings. The molecule has 2 aromatic carbocycles. The van der Waals surface area contributed by atoms with Gasteiger partial charge < -0.3 is 15.2 Å². The number of anilines is 1. The number of carbonyl (C=O) groups is 2. The fourth-order valence-electron chi connectivity index (χ4n) is 2.79. The molecule has 2 N–H and O–H groups in total. The first kappa shape index (κ1) is 23.1. The predicted molar refractivity (Wildman–Crippen MR) is 118 cm³/mol. The van der Waals surface area contributed by atoms with E-state index >= 15 is 0 Å². The van der Waals surface area contributed by atoms with Crippen LogP contribution in [0.2, 0.25) is 0 Å². The highest BCUT2D eigenvalue weighted by Gasteiger charge is 2.14. The molecule has 0 unspecified atom stereocenters. The third-order valence-corrected chi connectivity index (χ3v) is 5.26. The summed E-state index contributed by atoms with van der Waals surface area (Å²) < 4.78 is 28.0. The summed E-state index contributed by atoms with van der Waals surface area (Å²) in [7, 11) is 0. The lowest BCUT2D eigenvalue weighted by atomic mass is 10.1. The number of halogens is 2. The average Bonchev–Trinajstić information content (AvgIpc) is 3.15. The highest BCUT2D eigenvalue weighted by atomic mass is 32.2. The third-order valence-electron chi connectivity index (χ3n) is 4.29. The number of carbonyl (C=O) groups excluding carboxylic acids is 2. The number of benzene rings is 2. The number of hydrogen-bond donors (Lipinski definition) is 2. The summed E-state index contributed by atoms with van der Waals surface area (Å²) >= 11 is 1.19. The summed E-state index contributed by atoms with van der Waals surface area (Å²) in [6.07, 6.45) is 2.32. The molecule has 3 rings (SSSR count). The Kier molecular flexibility index (Phi) is 8.09. The van der Waals surface area contributed by atoms with Gasteiger partial charge in [-0.3, -0.25) is 9.59 Å². The zero-order valence-corrected chi connectivity index (χ0v) is 17.9. The van der Waals surface area contributed by atoms with Crippen LogP contribution < -0.4 is 10.6 Å². The van der Waals surface area contributed by atoms with E-state index in [4.69, 9.17) is 0 Å². The minimum Gasteiger partial charge on any atom is -0.346 e. The SMILES string of the molecule is C=CCn1c(Cc2ccccc2)nnc1SCC(=O)NCC(=O)Nc1ccc(F)c(F)c1. The van der Waals surface area contributed by atoms with Gasteiger partial charge in [-0.15, -0.1) is 16.8 Å². The van der Waals surface area contributed by atoms with Crippen molar-refractivity contribution in [3.8, 4) is 0 Å². The van der Waals surface area contributed by atoms with Crippen molar-refractivity contribution in [2.24, 2.45) is 0 Å². The number of thioether (sulfide) groups is 1. The fourth-order valence-corrected chi connectivity index (χ4v) is 3.58. The van der Waals surface area contributed by atoms with Gasteiger partial charge in [0, 0.05) is 24.7 Å². The highest BCUT2D eigenvalue weighted by Crippen LogP contribution is 2.19. The van der Waals surface area contributed by atoms with Gasteiger partial charge in [0.2, 0.25) is 11.8 Å². The number of allylic oxidation sites excluding steroid dienone is 1. The summed E-state index contributed by atoms with van der Waals surface area (Å²) in [5.41, 5.74) is 1.19. The number of aromatic nitrogens is 3. The number of amides is 2. The Hall–Kier alpha value is -3.53. The predicted octanol–water partition coefficient (Wildman–Crippen LogP) is 3.18. The number of hydrogen-bond acceptors (Lipinski definition) is 5. The minimum absolute atomic E-state index is 0.0269. The van der Waals surface area contributed by atoms with E-state index in [1.54, 1.807) is 6.08 Å². The Balaban J connectivity index is 1.51. The molecular weight excluding hydrogens is 436 g/mol. The van der Waals surface area contributed by atoms with Gasteiger partial charge in [0.05, 0.1) is 12.3 Å². The number of rotatable bonds is 10. The second kappa shape index (κ2) is 11.2. The minimum atomic E-state index is -1.07. The van der Waals surface area contributed by atoms with E-state index in [-0.39, 0.29) is 23.9 Å². The summed E-state index contributed by atoms with van der Waals surface area (Å²) in [6.45, 7) is 3.95. The normalized spacial score (nSPS) is 10.6. The highest BCUT2D eigenvalue weighted by molar-refractivity contribution is 7.99. The summed E-state index contributed by atoms with van der Waals surface area (Å²) in [5.74, 6) is -2.24. The third kappa shape index (κ3) is 6.48. The van der Waals surface area contributed by atoms with E-state index in [2.05, 4.69) is 27.4 Å². The zero-order valence-electron chi connectivity index (χ0n) is 17.1. The van der Waals surface area contributed by atoms with Gasteiger partial charge in [-0.25, -0.2) is 8.78 Å². The maximum atomic E-state index is 13.2.